The van der Waals surface area contributed by atoms with Crippen molar-refractivity contribution in [2.45, 2.75) is 6.42 Å². The molecule has 1 heterocycles. The smallest absolute Gasteiger partial charge is 0.269 e. The van der Waals surface area contributed by atoms with E-state index in [1.807, 2.05) is 36.1 Å². The first kappa shape index (κ1) is 14.6. The molecule has 0 unspecified atom stereocenters. The lowest BCUT2D eigenvalue weighted by atomic mass is 10.1. The average Bonchev–Trinajstić information content (AvgIpc) is 2.33. The summed E-state index contributed by atoms with van der Waals surface area (Å²) in [6.45, 7) is 0. The van der Waals surface area contributed by atoms with Crippen LogP contribution in [0.2, 0.25) is 0 Å². The van der Waals surface area contributed by atoms with Gasteiger partial charge in [-0.25, -0.2) is 4.57 Å². The number of hydrogen-bond donors (Lipinski definition) is 0. The van der Waals surface area contributed by atoms with Gasteiger partial charge < -0.3 is 24.0 Å². The van der Waals surface area contributed by atoms with Gasteiger partial charge in [-0.15, -0.1) is 0 Å². The monoisotopic (exact) mass is 356 g/mol. The minimum atomic E-state index is -0.383. The third-order valence-electron chi connectivity index (χ3n) is 2.60. The van der Waals surface area contributed by atoms with Crippen LogP contribution in [0.1, 0.15) is 11.1 Å². The lowest BCUT2D eigenvalue weighted by Gasteiger charge is -2.00. The molecule has 0 atom stereocenters. The molecule has 0 bridgehead atoms. The van der Waals surface area contributed by atoms with Crippen LogP contribution in [0.4, 0.5) is 5.69 Å². The summed E-state index contributed by atoms with van der Waals surface area (Å²) in [5.74, 6) is 0. The summed E-state index contributed by atoms with van der Waals surface area (Å²) in [5, 5.41) is 10.5. The molecule has 0 radical (unpaired) electrons. The van der Waals surface area contributed by atoms with Gasteiger partial charge in [0, 0.05) is 24.3 Å². The fourth-order valence-corrected chi connectivity index (χ4v) is 1.62. The van der Waals surface area contributed by atoms with Crippen LogP contribution in [-0.2, 0) is 13.5 Å². The van der Waals surface area contributed by atoms with Crippen LogP contribution in [0, 0.1) is 10.1 Å². The molecule has 2 rings (SSSR count). The minimum absolute atomic E-state index is 0. The molecule has 1 aromatic carbocycles. The molecule has 0 saturated carbocycles. The Hall–Kier alpha value is -1.50. The number of pyridine rings is 1. The molecule has 2 aromatic rings. The first-order chi connectivity index (χ1) is 8.15. The molecule has 0 fully saturated rings. The van der Waals surface area contributed by atoms with E-state index in [1.54, 1.807) is 12.1 Å². The number of hydrogen-bond acceptors (Lipinski definition) is 2. The Morgan fingerprint density at radius 2 is 1.56 bits per heavy atom. The van der Waals surface area contributed by atoms with Gasteiger partial charge in [-0.3, -0.25) is 10.1 Å². The van der Waals surface area contributed by atoms with E-state index in [9.17, 15) is 10.1 Å². The molecule has 1 aromatic heterocycles. The zero-order valence-electron chi connectivity index (χ0n) is 9.91. The van der Waals surface area contributed by atoms with E-state index in [4.69, 9.17) is 0 Å². The molecular formula is C13H13IN2O2. The van der Waals surface area contributed by atoms with Crippen molar-refractivity contribution in [2.75, 3.05) is 0 Å². The Labute approximate surface area is 122 Å². The van der Waals surface area contributed by atoms with Crippen LogP contribution in [-0.4, -0.2) is 4.92 Å². The standard InChI is InChI=1S/C13H13N2O2.HI/c1-14-8-6-12(7-9-14)10-11-2-4-13(5-3-11)15(16)17;/h2-9H,10H2,1H3;1H/q+1;/p-1. The number of nitrogens with zero attached hydrogens (tertiary/aromatic N) is 2. The molecule has 0 aliphatic carbocycles. The highest BCUT2D eigenvalue weighted by atomic mass is 127. The largest absolute Gasteiger partial charge is 1.00 e. The molecular weight excluding hydrogens is 343 g/mol. The Balaban J connectivity index is 0.00000162. The van der Waals surface area contributed by atoms with E-state index >= 15 is 0 Å². The van der Waals surface area contributed by atoms with Crippen LogP contribution in [0.3, 0.4) is 0 Å². The van der Waals surface area contributed by atoms with Gasteiger partial charge in [0.15, 0.2) is 12.4 Å². The molecule has 5 heteroatoms. The van der Waals surface area contributed by atoms with Gasteiger partial charge in [-0.2, -0.15) is 0 Å². The Morgan fingerprint density at radius 1 is 1.06 bits per heavy atom. The van der Waals surface area contributed by atoms with Gasteiger partial charge >= 0.3 is 0 Å². The number of aromatic nitrogens is 1. The van der Waals surface area contributed by atoms with Crippen molar-refractivity contribution >= 4 is 5.69 Å². The second-order valence-corrected chi connectivity index (χ2v) is 3.97. The second kappa shape index (κ2) is 6.44. The number of benzene rings is 1. The molecule has 0 N–H and O–H groups in total. The number of nitro benzene ring substituents is 1. The summed E-state index contributed by atoms with van der Waals surface area (Å²) in [4.78, 5) is 10.1. The van der Waals surface area contributed by atoms with Crippen LogP contribution in [0.15, 0.2) is 48.8 Å². The van der Waals surface area contributed by atoms with Gasteiger partial charge in [-0.1, -0.05) is 12.1 Å². The van der Waals surface area contributed by atoms with E-state index in [-0.39, 0.29) is 34.6 Å². The van der Waals surface area contributed by atoms with Gasteiger partial charge in [0.05, 0.1) is 4.92 Å². The molecule has 0 spiro atoms. The third-order valence-corrected chi connectivity index (χ3v) is 2.60. The summed E-state index contributed by atoms with van der Waals surface area (Å²) in [6, 6.07) is 10.8. The molecule has 0 aliphatic heterocycles. The predicted molar refractivity (Wildman–Crippen MR) is 63.5 cm³/mol. The molecule has 0 saturated heterocycles. The normalized spacial score (nSPS) is 9.61. The number of rotatable bonds is 3. The zero-order chi connectivity index (χ0) is 12.3. The fourth-order valence-electron chi connectivity index (χ4n) is 1.62. The second-order valence-electron chi connectivity index (χ2n) is 3.97. The van der Waals surface area contributed by atoms with Crippen molar-refractivity contribution in [3.05, 3.63) is 70.0 Å². The molecule has 94 valence electrons. The number of non-ortho nitro benzene ring substituents is 1. The highest BCUT2D eigenvalue weighted by molar-refractivity contribution is 5.34. The van der Waals surface area contributed by atoms with E-state index in [1.165, 1.54) is 17.7 Å². The van der Waals surface area contributed by atoms with Crippen molar-refractivity contribution in [3.63, 3.8) is 0 Å². The quantitative estimate of drug-likeness (QED) is 0.307. The fraction of sp³-hybridized carbons (Fsp3) is 0.154. The maximum atomic E-state index is 10.5. The number of halogens is 1. The lowest BCUT2D eigenvalue weighted by molar-refractivity contribution is -0.671. The van der Waals surface area contributed by atoms with Crippen LogP contribution in [0.25, 0.3) is 0 Å². The first-order valence-electron chi connectivity index (χ1n) is 5.32. The minimum Gasteiger partial charge on any atom is -1.00 e. The van der Waals surface area contributed by atoms with Gasteiger partial charge in [-0.05, 0) is 17.5 Å². The SMILES string of the molecule is C[n+]1ccc(Cc2ccc([N+](=O)[O-])cc2)cc1.[I-]. The predicted octanol–water partition coefficient (Wildman–Crippen LogP) is -0.986. The van der Waals surface area contributed by atoms with Gasteiger partial charge in [0.25, 0.3) is 5.69 Å². The van der Waals surface area contributed by atoms with Crippen LogP contribution in [0.5, 0.6) is 0 Å². The average molecular weight is 356 g/mol. The van der Waals surface area contributed by atoms with Gasteiger partial charge in [0.1, 0.15) is 7.05 Å². The van der Waals surface area contributed by atoms with E-state index < -0.39 is 0 Å². The maximum absolute atomic E-state index is 10.5. The number of nitro groups is 1. The zero-order valence-corrected chi connectivity index (χ0v) is 12.1. The molecule has 18 heavy (non-hydrogen) atoms. The van der Waals surface area contributed by atoms with E-state index in [0.29, 0.717) is 0 Å². The van der Waals surface area contributed by atoms with E-state index in [2.05, 4.69) is 0 Å². The van der Waals surface area contributed by atoms with Crippen molar-refractivity contribution in [1.29, 1.82) is 0 Å². The molecule has 4 nitrogen and oxygen atoms in total. The van der Waals surface area contributed by atoms with E-state index in [0.717, 1.165) is 12.0 Å². The Kier molecular flexibility index (Phi) is 5.21. The van der Waals surface area contributed by atoms with Crippen molar-refractivity contribution in [2.24, 2.45) is 7.05 Å². The summed E-state index contributed by atoms with van der Waals surface area (Å²) in [7, 11) is 1.97. The first-order valence-corrected chi connectivity index (χ1v) is 5.32. The summed E-state index contributed by atoms with van der Waals surface area (Å²) in [5.41, 5.74) is 2.40. The lowest BCUT2D eigenvalue weighted by Crippen LogP contribution is -3.00. The molecule has 0 aliphatic rings. The summed E-state index contributed by atoms with van der Waals surface area (Å²) in [6.07, 6.45) is 4.76. The van der Waals surface area contributed by atoms with Crippen molar-refractivity contribution in [3.8, 4) is 0 Å². The summed E-state index contributed by atoms with van der Waals surface area (Å²) >= 11 is 0. The maximum Gasteiger partial charge on any atom is 0.269 e. The number of aryl methyl sites for hydroxylation is 1. The molecule has 0 amide bonds. The third kappa shape index (κ3) is 3.76. The highest BCUT2D eigenvalue weighted by Gasteiger charge is 2.04. The highest BCUT2D eigenvalue weighted by Crippen LogP contribution is 2.14. The van der Waals surface area contributed by atoms with Crippen molar-refractivity contribution < 1.29 is 33.5 Å². The van der Waals surface area contributed by atoms with Crippen LogP contribution < -0.4 is 28.5 Å². The Bertz CT molecular complexity index is 524. The van der Waals surface area contributed by atoms with Crippen molar-refractivity contribution in [1.82, 2.24) is 0 Å². The topological polar surface area (TPSA) is 47.0 Å². The van der Waals surface area contributed by atoms with Crippen LogP contribution >= 0.6 is 0 Å². The summed E-state index contributed by atoms with van der Waals surface area (Å²) < 4.78 is 1.97. The van der Waals surface area contributed by atoms with Gasteiger partial charge in [0.2, 0.25) is 0 Å². The Morgan fingerprint density at radius 3 is 2.06 bits per heavy atom.